The summed E-state index contributed by atoms with van der Waals surface area (Å²) in [5.41, 5.74) is 0.443. The Morgan fingerprint density at radius 3 is 2.70 bits per heavy atom. The molecule has 1 aromatic carbocycles. The summed E-state index contributed by atoms with van der Waals surface area (Å²) in [5.74, 6) is 1.22. The Hall–Kier alpha value is -1.46. The van der Waals surface area contributed by atoms with Crippen LogP contribution in [0, 0.1) is 5.92 Å². The zero-order valence-electron chi connectivity index (χ0n) is 14.3. The first-order chi connectivity index (χ1) is 11.0. The Bertz CT molecular complexity index is 506. The molecule has 1 aromatic rings. The molecule has 1 amide bonds. The van der Waals surface area contributed by atoms with Gasteiger partial charge in [-0.15, -0.1) is 0 Å². The Morgan fingerprint density at radius 2 is 2.09 bits per heavy atom. The zero-order chi connectivity index (χ0) is 17.2. The molecule has 0 aliphatic carbocycles. The smallest absolute Gasteiger partial charge is 0.251 e. The molecule has 0 aliphatic rings. The molecular weight excluding hydrogens is 318 g/mol. The van der Waals surface area contributed by atoms with E-state index in [1.807, 2.05) is 6.92 Å². The molecule has 23 heavy (non-hydrogen) atoms. The fraction of sp³-hybridized carbons (Fsp3) is 0.588. The van der Waals surface area contributed by atoms with Crippen molar-refractivity contribution < 1.29 is 19.0 Å². The standard InChI is InChI=1S/C17H26ClNO4/c1-5-23-16-14(18)9-13(10-15(16)21-4)17(20)19-7-6-8-22-11-12(2)3/h9-10,12H,5-8,11H2,1-4H3,(H,19,20). The third kappa shape index (κ3) is 6.67. The molecule has 130 valence electrons. The van der Waals surface area contributed by atoms with Crippen LogP contribution in [0.3, 0.4) is 0 Å². The van der Waals surface area contributed by atoms with Crippen molar-refractivity contribution in [1.82, 2.24) is 5.32 Å². The van der Waals surface area contributed by atoms with Gasteiger partial charge in [0, 0.05) is 25.3 Å². The summed E-state index contributed by atoms with van der Waals surface area (Å²) in [7, 11) is 1.52. The van der Waals surface area contributed by atoms with Gasteiger partial charge in [-0.3, -0.25) is 4.79 Å². The van der Waals surface area contributed by atoms with Gasteiger partial charge in [0.25, 0.3) is 5.91 Å². The van der Waals surface area contributed by atoms with Crippen molar-refractivity contribution in [2.45, 2.75) is 27.2 Å². The number of halogens is 1. The number of nitrogens with one attached hydrogen (secondary N) is 1. The molecule has 1 N–H and O–H groups in total. The number of hydrogen-bond acceptors (Lipinski definition) is 4. The number of benzene rings is 1. The van der Waals surface area contributed by atoms with E-state index in [2.05, 4.69) is 19.2 Å². The number of rotatable bonds is 10. The monoisotopic (exact) mass is 343 g/mol. The van der Waals surface area contributed by atoms with E-state index >= 15 is 0 Å². The third-order valence-electron chi connectivity index (χ3n) is 2.98. The van der Waals surface area contributed by atoms with Gasteiger partial charge in [-0.05, 0) is 31.4 Å². The fourth-order valence-electron chi connectivity index (χ4n) is 1.93. The number of carbonyl (C=O) groups excluding carboxylic acids is 1. The van der Waals surface area contributed by atoms with Gasteiger partial charge < -0.3 is 19.5 Å². The van der Waals surface area contributed by atoms with E-state index in [1.165, 1.54) is 7.11 Å². The van der Waals surface area contributed by atoms with Crippen LogP contribution >= 0.6 is 11.6 Å². The summed E-state index contributed by atoms with van der Waals surface area (Å²) in [5, 5.41) is 3.20. The molecule has 0 aromatic heterocycles. The van der Waals surface area contributed by atoms with Crippen LogP contribution in [0.2, 0.25) is 5.02 Å². The van der Waals surface area contributed by atoms with E-state index in [0.717, 1.165) is 13.0 Å². The molecule has 6 heteroatoms. The minimum atomic E-state index is -0.197. The van der Waals surface area contributed by atoms with Crippen LogP contribution < -0.4 is 14.8 Å². The van der Waals surface area contributed by atoms with E-state index in [9.17, 15) is 4.79 Å². The van der Waals surface area contributed by atoms with Gasteiger partial charge in [-0.2, -0.15) is 0 Å². The largest absolute Gasteiger partial charge is 0.493 e. The van der Waals surface area contributed by atoms with Crippen LogP contribution in [0.5, 0.6) is 11.5 Å². The predicted molar refractivity (Wildman–Crippen MR) is 91.8 cm³/mol. The summed E-state index contributed by atoms with van der Waals surface area (Å²) in [4.78, 5) is 12.2. The van der Waals surface area contributed by atoms with E-state index in [-0.39, 0.29) is 5.91 Å². The highest BCUT2D eigenvalue weighted by atomic mass is 35.5. The van der Waals surface area contributed by atoms with Gasteiger partial charge >= 0.3 is 0 Å². The molecule has 0 atom stereocenters. The Balaban J connectivity index is 2.54. The molecule has 0 saturated carbocycles. The molecule has 0 radical (unpaired) electrons. The lowest BCUT2D eigenvalue weighted by Crippen LogP contribution is -2.25. The van der Waals surface area contributed by atoms with E-state index in [4.69, 9.17) is 25.8 Å². The molecule has 1 rings (SSSR count). The van der Waals surface area contributed by atoms with Crippen molar-refractivity contribution in [2.24, 2.45) is 5.92 Å². The highest BCUT2D eigenvalue weighted by molar-refractivity contribution is 6.32. The van der Waals surface area contributed by atoms with Crippen LogP contribution in [0.1, 0.15) is 37.6 Å². The summed E-state index contributed by atoms with van der Waals surface area (Å²) in [6.45, 7) is 8.45. The Labute approximate surface area is 143 Å². The summed E-state index contributed by atoms with van der Waals surface area (Å²) in [6, 6.07) is 3.21. The van der Waals surface area contributed by atoms with Crippen molar-refractivity contribution in [3.8, 4) is 11.5 Å². The zero-order valence-corrected chi connectivity index (χ0v) is 15.0. The average molecular weight is 344 g/mol. The average Bonchev–Trinajstić information content (AvgIpc) is 2.51. The van der Waals surface area contributed by atoms with Gasteiger partial charge in [0.1, 0.15) is 0 Å². The van der Waals surface area contributed by atoms with E-state index in [1.54, 1.807) is 12.1 Å². The second-order valence-corrected chi connectivity index (χ2v) is 5.91. The minimum absolute atomic E-state index is 0.197. The van der Waals surface area contributed by atoms with Gasteiger partial charge in [-0.1, -0.05) is 25.4 Å². The molecule has 0 saturated heterocycles. The number of hydrogen-bond donors (Lipinski definition) is 1. The van der Waals surface area contributed by atoms with E-state index in [0.29, 0.717) is 47.8 Å². The van der Waals surface area contributed by atoms with Crippen LogP contribution in [-0.4, -0.2) is 39.4 Å². The fourth-order valence-corrected chi connectivity index (χ4v) is 2.20. The molecular formula is C17H26ClNO4. The minimum Gasteiger partial charge on any atom is -0.493 e. The topological polar surface area (TPSA) is 56.8 Å². The predicted octanol–water partition coefficient (Wildman–Crippen LogP) is 3.54. The summed E-state index contributed by atoms with van der Waals surface area (Å²) >= 11 is 6.16. The maximum Gasteiger partial charge on any atom is 0.251 e. The molecule has 0 heterocycles. The highest BCUT2D eigenvalue weighted by Crippen LogP contribution is 2.36. The van der Waals surface area contributed by atoms with E-state index < -0.39 is 0 Å². The lowest BCUT2D eigenvalue weighted by atomic mass is 10.2. The third-order valence-corrected chi connectivity index (χ3v) is 3.26. The van der Waals surface area contributed by atoms with Crippen molar-refractivity contribution in [2.75, 3.05) is 33.5 Å². The molecule has 0 fully saturated rings. The second kappa shape index (κ2) is 10.3. The molecule has 5 nitrogen and oxygen atoms in total. The molecule has 0 unspecified atom stereocenters. The summed E-state index contributed by atoms with van der Waals surface area (Å²) < 4.78 is 16.1. The number of ether oxygens (including phenoxy) is 3. The van der Waals surface area contributed by atoms with Crippen LogP contribution in [0.25, 0.3) is 0 Å². The van der Waals surface area contributed by atoms with Crippen LogP contribution in [0.15, 0.2) is 12.1 Å². The number of carbonyl (C=O) groups is 1. The molecule has 0 spiro atoms. The number of methoxy groups -OCH3 is 1. The van der Waals surface area contributed by atoms with Crippen molar-refractivity contribution in [3.05, 3.63) is 22.7 Å². The maximum absolute atomic E-state index is 12.2. The van der Waals surface area contributed by atoms with Gasteiger partial charge in [-0.25, -0.2) is 0 Å². The van der Waals surface area contributed by atoms with Gasteiger partial charge in [0.15, 0.2) is 11.5 Å². The Kier molecular flexibility index (Phi) is 8.81. The maximum atomic E-state index is 12.2. The molecule has 0 aliphatic heterocycles. The summed E-state index contributed by atoms with van der Waals surface area (Å²) in [6.07, 6.45) is 0.764. The lowest BCUT2D eigenvalue weighted by molar-refractivity contribution is 0.0924. The molecule has 0 bridgehead atoms. The second-order valence-electron chi connectivity index (χ2n) is 5.50. The van der Waals surface area contributed by atoms with Gasteiger partial charge in [0.2, 0.25) is 0 Å². The van der Waals surface area contributed by atoms with Crippen LogP contribution in [-0.2, 0) is 4.74 Å². The van der Waals surface area contributed by atoms with Crippen molar-refractivity contribution >= 4 is 17.5 Å². The van der Waals surface area contributed by atoms with Crippen LogP contribution in [0.4, 0.5) is 0 Å². The quantitative estimate of drug-likeness (QED) is 0.660. The Morgan fingerprint density at radius 1 is 1.35 bits per heavy atom. The number of amides is 1. The highest BCUT2D eigenvalue weighted by Gasteiger charge is 2.15. The first-order valence-electron chi connectivity index (χ1n) is 7.85. The van der Waals surface area contributed by atoms with Crippen molar-refractivity contribution in [3.63, 3.8) is 0 Å². The first kappa shape index (κ1) is 19.6. The van der Waals surface area contributed by atoms with Gasteiger partial charge in [0.05, 0.1) is 18.7 Å². The first-order valence-corrected chi connectivity index (χ1v) is 8.23. The van der Waals surface area contributed by atoms with Crippen molar-refractivity contribution in [1.29, 1.82) is 0 Å². The normalized spacial score (nSPS) is 10.7. The lowest BCUT2D eigenvalue weighted by Gasteiger charge is -2.13. The SMILES string of the molecule is CCOc1c(Cl)cc(C(=O)NCCCOCC(C)C)cc1OC.